The molecule has 0 aliphatic carbocycles. The van der Waals surface area contributed by atoms with E-state index in [1.165, 1.54) is 17.0 Å². The summed E-state index contributed by atoms with van der Waals surface area (Å²) in [4.78, 5) is 28.5. The minimum atomic E-state index is -4.13. The average molecular weight is 591 g/mol. The van der Waals surface area contributed by atoms with E-state index in [2.05, 4.69) is 5.32 Å². The molecule has 10 heteroatoms. The number of sulfonamides is 1. The molecule has 3 rings (SSSR count). The molecule has 2 amide bonds. The number of carbonyl (C=O) groups excluding carboxylic acids is 2. The topological polar surface area (TPSA) is 86.8 Å². The predicted octanol–water partition coefficient (Wildman–Crippen LogP) is 5.83. The first-order valence-corrected chi connectivity index (χ1v) is 14.8. The lowest BCUT2D eigenvalue weighted by Crippen LogP contribution is -2.52. The molecule has 0 aliphatic heterocycles. The van der Waals surface area contributed by atoms with Gasteiger partial charge in [0.25, 0.3) is 10.0 Å². The van der Waals surface area contributed by atoms with Crippen molar-refractivity contribution in [3.05, 3.63) is 94.0 Å². The highest BCUT2D eigenvalue weighted by molar-refractivity contribution is 7.92. The van der Waals surface area contributed by atoms with Crippen molar-refractivity contribution in [2.75, 3.05) is 10.8 Å². The van der Waals surface area contributed by atoms with Gasteiger partial charge in [0.15, 0.2) is 0 Å². The fourth-order valence-electron chi connectivity index (χ4n) is 3.98. The van der Waals surface area contributed by atoms with Gasteiger partial charge in [0.05, 0.1) is 10.6 Å². The van der Waals surface area contributed by atoms with Crippen molar-refractivity contribution in [3.8, 4) is 0 Å². The Morgan fingerprint density at radius 3 is 2.08 bits per heavy atom. The number of anilines is 1. The van der Waals surface area contributed by atoms with Gasteiger partial charge in [0, 0.05) is 28.2 Å². The highest BCUT2D eigenvalue weighted by Crippen LogP contribution is 2.29. The number of rotatable bonds is 11. The lowest BCUT2D eigenvalue weighted by Gasteiger charge is -2.33. The van der Waals surface area contributed by atoms with Crippen molar-refractivity contribution in [1.29, 1.82) is 0 Å². The van der Waals surface area contributed by atoms with Crippen LogP contribution in [0, 0.1) is 6.92 Å². The van der Waals surface area contributed by atoms with Crippen molar-refractivity contribution < 1.29 is 18.0 Å². The van der Waals surface area contributed by atoms with Crippen LogP contribution in [0.15, 0.2) is 77.7 Å². The van der Waals surface area contributed by atoms with E-state index in [0.29, 0.717) is 33.3 Å². The first-order valence-electron chi connectivity index (χ1n) is 12.6. The second-order valence-electron chi connectivity index (χ2n) is 9.33. The van der Waals surface area contributed by atoms with Gasteiger partial charge in [-0.15, -0.1) is 0 Å². The summed E-state index contributed by atoms with van der Waals surface area (Å²) in [6.45, 7) is 6.57. The van der Waals surface area contributed by atoms with Crippen LogP contribution in [0.25, 0.3) is 0 Å². The van der Waals surface area contributed by atoms with Crippen LogP contribution in [-0.4, -0.2) is 43.8 Å². The van der Waals surface area contributed by atoms with Crippen LogP contribution in [-0.2, 0) is 26.2 Å². The largest absolute Gasteiger partial charge is 0.352 e. The van der Waals surface area contributed by atoms with Crippen LogP contribution in [0.1, 0.15) is 38.3 Å². The molecule has 0 fully saturated rings. The van der Waals surface area contributed by atoms with Crippen molar-refractivity contribution >= 4 is 50.7 Å². The molecule has 3 aromatic rings. The Hall–Kier alpha value is -3.07. The third kappa shape index (κ3) is 7.32. The lowest BCUT2D eigenvalue weighted by molar-refractivity contribution is -0.139. The summed E-state index contributed by atoms with van der Waals surface area (Å²) in [5.41, 5.74) is 1.50. The normalized spacial score (nSPS) is 12.9. The summed E-state index contributed by atoms with van der Waals surface area (Å²) in [5, 5.41) is 3.57. The van der Waals surface area contributed by atoms with Crippen molar-refractivity contribution in [2.45, 2.75) is 57.6 Å². The summed E-state index contributed by atoms with van der Waals surface area (Å²) in [5.74, 6) is -0.949. The zero-order valence-corrected chi connectivity index (χ0v) is 24.7. The second-order valence-corrected chi connectivity index (χ2v) is 12.0. The van der Waals surface area contributed by atoms with Crippen LogP contribution in [0.2, 0.25) is 10.0 Å². The minimum Gasteiger partial charge on any atom is -0.352 e. The summed E-state index contributed by atoms with van der Waals surface area (Å²) >= 11 is 12.8. The van der Waals surface area contributed by atoms with Gasteiger partial charge < -0.3 is 10.2 Å². The summed E-state index contributed by atoms with van der Waals surface area (Å²) in [6.07, 6.45) is 0.707. The number of benzene rings is 3. The molecule has 39 heavy (non-hydrogen) atoms. The van der Waals surface area contributed by atoms with E-state index in [9.17, 15) is 18.0 Å². The quantitative estimate of drug-likeness (QED) is 0.305. The molecule has 3 aromatic carbocycles. The van der Waals surface area contributed by atoms with E-state index in [4.69, 9.17) is 23.2 Å². The molecule has 7 nitrogen and oxygen atoms in total. The van der Waals surface area contributed by atoms with E-state index in [1.807, 2.05) is 13.8 Å². The second kappa shape index (κ2) is 13.3. The Morgan fingerprint density at radius 1 is 0.897 bits per heavy atom. The standard InChI is InChI=1S/C29H33Cl2N3O4S/c1-5-21(3)32-29(36)22(4)33(18-24-25(30)15-11-16-26(24)31)28(35)19-34(27-17-10-9-12-20(27)2)39(37,38)23-13-7-6-8-14-23/h6-17,21-22H,5,18-19H2,1-4H3,(H,32,36)/t21-,22+/m1/s1. The van der Waals surface area contributed by atoms with Crippen molar-refractivity contribution in [1.82, 2.24) is 10.2 Å². The van der Waals surface area contributed by atoms with Gasteiger partial charge in [-0.3, -0.25) is 13.9 Å². The molecular weight excluding hydrogens is 557 g/mol. The highest BCUT2D eigenvalue weighted by Gasteiger charge is 2.33. The minimum absolute atomic E-state index is 0.0457. The molecule has 2 atom stereocenters. The third-order valence-electron chi connectivity index (χ3n) is 6.55. The van der Waals surface area contributed by atoms with Crippen LogP contribution in [0.4, 0.5) is 5.69 Å². The molecule has 0 saturated heterocycles. The molecule has 0 bridgehead atoms. The highest BCUT2D eigenvalue weighted by atomic mass is 35.5. The van der Waals surface area contributed by atoms with Gasteiger partial charge in [-0.2, -0.15) is 0 Å². The number of amides is 2. The van der Waals surface area contributed by atoms with E-state index in [0.717, 1.165) is 4.31 Å². The Kier molecular flexibility index (Phi) is 10.4. The molecule has 0 saturated carbocycles. The molecule has 0 radical (unpaired) electrons. The number of halogens is 2. The van der Waals surface area contributed by atoms with Gasteiger partial charge in [-0.25, -0.2) is 8.42 Å². The lowest BCUT2D eigenvalue weighted by atomic mass is 10.1. The van der Waals surface area contributed by atoms with Crippen LogP contribution < -0.4 is 9.62 Å². The van der Waals surface area contributed by atoms with Crippen molar-refractivity contribution in [2.24, 2.45) is 0 Å². The molecular formula is C29H33Cl2N3O4S. The van der Waals surface area contributed by atoms with Gasteiger partial charge in [0.1, 0.15) is 12.6 Å². The predicted molar refractivity (Wildman–Crippen MR) is 157 cm³/mol. The molecule has 0 heterocycles. The Balaban J connectivity index is 2.07. The molecule has 0 unspecified atom stereocenters. The molecule has 0 aliphatic rings. The van der Waals surface area contributed by atoms with E-state index in [-0.39, 0.29) is 23.4 Å². The van der Waals surface area contributed by atoms with Gasteiger partial charge in [-0.05, 0) is 63.1 Å². The number of carbonyl (C=O) groups is 2. The first-order chi connectivity index (χ1) is 18.5. The van der Waals surface area contributed by atoms with Gasteiger partial charge >= 0.3 is 0 Å². The molecule has 0 aromatic heterocycles. The Morgan fingerprint density at radius 2 is 1.49 bits per heavy atom. The maximum absolute atomic E-state index is 14.0. The van der Waals surface area contributed by atoms with Crippen LogP contribution in [0.5, 0.6) is 0 Å². The van der Waals surface area contributed by atoms with Crippen LogP contribution >= 0.6 is 23.2 Å². The van der Waals surface area contributed by atoms with Crippen molar-refractivity contribution in [3.63, 3.8) is 0 Å². The monoisotopic (exact) mass is 589 g/mol. The van der Waals surface area contributed by atoms with Crippen LogP contribution in [0.3, 0.4) is 0 Å². The third-order valence-corrected chi connectivity index (χ3v) is 9.03. The first kappa shape index (κ1) is 30.5. The number of nitrogens with zero attached hydrogens (tertiary/aromatic N) is 2. The number of hydrogen-bond donors (Lipinski definition) is 1. The van der Waals surface area contributed by atoms with E-state index in [1.54, 1.807) is 74.5 Å². The zero-order chi connectivity index (χ0) is 28.7. The maximum atomic E-state index is 14.0. The zero-order valence-electron chi connectivity index (χ0n) is 22.4. The molecule has 1 N–H and O–H groups in total. The summed E-state index contributed by atoms with van der Waals surface area (Å²) < 4.78 is 28.7. The SMILES string of the molecule is CC[C@@H](C)NC(=O)[C@H](C)N(Cc1c(Cl)cccc1Cl)C(=O)CN(c1ccccc1C)S(=O)(=O)c1ccccc1. The Labute approximate surface area is 240 Å². The average Bonchev–Trinajstić information content (AvgIpc) is 2.92. The summed E-state index contributed by atoms with van der Waals surface area (Å²) in [7, 11) is -4.13. The summed E-state index contributed by atoms with van der Waals surface area (Å²) in [6, 6.07) is 18.8. The smallest absolute Gasteiger partial charge is 0.264 e. The number of aryl methyl sites for hydroxylation is 1. The van der Waals surface area contributed by atoms with Gasteiger partial charge in [-0.1, -0.05) is 72.6 Å². The van der Waals surface area contributed by atoms with Gasteiger partial charge in [0.2, 0.25) is 11.8 Å². The molecule has 208 valence electrons. The van der Waals surface area contributed by atoms with E-state index < -0.39 is 28.5 Å². The maximum Gasteiger partial charge on any atom is 0.264 e. The Bertz CT molecular complexity index is 1400. The fourth-order valence-corrected chi connectivity index (χ4v) is 5.99. The number of nitrogens with one attached hydrogen (secondary N) is 1. The molecule has 0 spiro atoms. The fraction of sp³-hybridized carbons (Fsp3) is 0.310. The number of hydrogen-bond acceptors (Lipinski definition) is 4. The van der Waals surface area contributed by atoms with E-state index >= 15 is 0 Å². The number of para-hydroxylation sites is 1.